The molecule has 0 amide bonds. The largest absolute Gasteiger partial charge is 0.394 e. The summed E-state index contributed by atoms with van der Waals surface area (Å²) < 4.78 is 0. The Kier molecular flexibility index (Phi) is 7.86. The normalized spacial score (nSPS) is 7.50. The van der Waals surface area contributed by atoms with Gasteiger partial charge in [0.15, 0.2) is 0 Å². The van der Waals surface area contributed by atoms with Gasteiger partial charge >= 0.3 is 0 Å². The van der Waals surface area contributed by atoms with E-state index in [0.717, 1.165) is 0 Å². The molecule has 0 aliphatic rings. The molecule has 2 N–H and O–H groups in total. The molecule has 0 aromatic carbocycles. The molecule has 0 fully saturated rings. The van der Waals surface area contributed by atoms with E-state index < -0.39 is 5.09 Å². The van der Waals surface area contributed by atoms with Crippen molar-refractivity contribution in [3.63, 3.8) is 0 Å². The van der Waals surface area contributed by atoms with Crippen LogP contribution in [0.25, 0.3) is 0 Å². The molecule has 0 saturated heterocycles. The van der Waals surface area contributed by atoms with E-state index in [0.29, 0.717) is 0 Å². The fourth-order valence-corrected chi connectivity index (χ4v) is 0. The second-order valence-electron chi connectivity index (χ2n) is 1.33. The first kappa shape index (κ1) is 10.2. The number of hydrogen-bond donors (Lipinski definition) is 2. The molecule has 50 valence electrons. The number of aliphatic hydroxyl groups is 1. The van der Waals surface area contributed by atoms with Crippen LogP contribution in [0.3, 0.4) is 0 Å². The lowest BCUT2D eigenvalue weighted by Crippen LogP contribution is -1.85. The van der Waals surface area contributed by atoms with Crippen molar-refractivity contribution < 1.29 is 15.4 Å². The van der Waals surface area contributed by atoms with Crippen LogP contribution in [0.15, 0.2) is 0 Å². The second kappa shape index (κ2) is 6.16. The maximum atomic E-state index is 8.36. The number of hydrogen-bond acceptors (Lipinski definition) is 3. The lowest BCUT2D eigenvalue weighted by Gasteiger charge is -1.80. The van der Waals surface area contributed by atoms with E-state index in [4.69, 9.17) is 20.4 Å². The minimum absolute atomic E-state index is 0.167. The van der Waals surface area contributed by atoms with Gasteiger partial charge in [-0.05, 0) is 13.8 Å². The van der Waals surface area contributed by atoms with Crippen molar-refractivity contribution in [2.24, 2.45) is 0 Å². The molecule has 0 atom stereocenters. The molecule has 0 aromatic heterocycles. The topological polar surface area (TPSA) is 83.6 Å². The minimum atomic E-state index is -1.50. The Morgan fingerprint density at radius 3 is 1.62 bits per heavy atom. The van der Waals surface area contributed by atoms with E-state index >= 15 is 0 Å². The van der Waals surface area contributed by atoms with Gasteiger partial charge in [-0.1, -0.05) is 0 Å². The molecule has 0 rings (SSSR count). The van der Waals surface area contributed by atoms with Gasteiger partial charge in [-0.15, -0.1) is 10.1 Å². The molecule has 0 bridgehead atoms. The van der Waals surface area contributed by atoms with E-state index in [1.165, 1.54) is 0 Å². The van der Waals surface area contributed by atoms with E-state index in [9.17, 15) is 0 Å². The van der Waals surface area contributed by atoms with Crippen LogP contribution in [0.4, 0.5) is 0 Å². The van der Waals surface area contributed by atoms with Gasteiger partial charge in [0.05, 0.1) is 0 Å². The third kappa shape index (κ3) is 127. The monoisotopic (exact) mass is 123 g/mol. The quantitative estimate of drug-likeness (QED) is 0.352. The average Bonchev–Trinajstić information content (AvgIpc) is 1.25. The summed E-state index contributed by atoms with van der Waals surface area (Å²) in [7, 11) is 0. The number of nitrogens with zero attached hydrogens (tertiary/aromatic N) is 1. The fraction of sp³-hybridized carbons (Fsp3) is 1.00. The molecule has 0 aromatic rings. The second-order valence-corrected chi connectivity index (χ2v) is 1.33. The Bertz CT molecular complexity index is 55.5. The predicted molar refractivity (Wildman–Crippen MR) is 26.1 cm³/mol. The molecule has 5 heteroatoms. The zero-order valence-corrected chi connectivity index (χ0v) is 4.74. The van der Waals surface area contributed by atoms with E-state index in [2.05, 4.69) is 0 Å². The summed E-state index contributed by atoms with van der Waals surface area (Å²) in [6.07, 6.45) is -0.167. The van der Waals surface area contributed by atoms with Crippen molar-refractivity contribution in [3.8, 4) is 0 Å². The van der Waals surface area contributed by atoms with Crippen molar-refractivity contribution in [2.75, 3.05) is 0 Å². The van der Waals surface area contributed by atoms with E-state index in [1.807, 2.05) is 0 Å². The molecule has 0 aliphatic heterocycles. The summed E-state index contributed by atoms with van der Waals surface area (Å²) in [4.78, 5) is 8.36. The summed E-state index contributed by atoms with van der Waals surface area (Å²) >= 11 is 0. The van der Waals surface area contributed by atoms with Crippen LogP contribution in [0, 0.1) is 10.1 Å². The van der Waals surface area contributed by atoms with Crippen LogP contribution in [0.2, 0.25) is 0 Å². The minimum Gasteiger partial charge on any atom is -0.394 e. The van der Waals surface area contributed by atoms with Crippen molar-refractivity contribution in [1.82, 2.24) is 0 Å². The molecule has 0 aliphatic carbocycles. The highest BCUT2D eigenvalue weighted by Crippen LogP contribution is 1.65. The Hall–Kier alpha value is -0.840. The lowest BCUT2D eigenvalue weighted by molar-refractivity contribution is -0.742. The average molecular weight is 123 g/mol. The Morgan fingerprint density at radius 1 is 1.62 bits per heavy atom. The van der Waals surface area contributed by atoms with Gasteiger partial charge in [0.1, 0.15) is 0 Å². The van der Waals surface area contributed by atoms with Crippen LogP contribution >= 0.6 is 0 Å². The number of rotatable bonds is 0. The van der Waals surface area contributed by atoms with Gasteiger partial charge in [-0.2, -0.15) is 0 Å². The standard InChI is InChI=1S/C3H8O.HNO3/c1-3(2)4;2-1(3)4/h3-4H,1-2H3;(H,2,3,4). The van der Waals surface area contributed by atoms with Crippen molar-refractivity contribution in [1.29, 1.82) is 0 Å². The fourth-order valence-electron chi connectivity index (χ4n) is 0. The molecule has 0 heterocycles. The van der Waals surface area contributed by atoms with Crippen molar-refractivity contribution >= 4 is 0 Å². The molecule has 5 nitrogen and oxygen atoms in total. The van der Waals surface area contributed by atoms with E-state index in [-0.39, 0.29) is 6.10 Å². The zero-order valence-electron chi connectivity index (χ0n) is 4.74. The molecule has 0 spiro atoms. The van der Waals surface area contributed by atoms with Crippen LogP contribution in [-0.4, -0.2) is 21.5 Å². The third-order valence-electron chi connectivity index (χ3n) is 0. The van der Waals surface area contributed by atoms with Crippen LogP contribution in [-0.2, 0) is 0 Å². The highest BCUT2D eigenvalue weighted by atomic mass is 16.9. The lowest BCUT2D eigenvalue weighted by atomic mass is 10.5. The smallest absolute Gasteiger partial charge is 0.291 e. The summed E-state index contributed by atoms with van der Waals surface area (Å²) in [5.41, 5.74) is 0. The van der Waals surface area contributed by atoms with Gasteiger partial charge in [-0.25, -0.2) is 0 Å². The first-order valence-electron chi connectivity index (χ1n) is 1.98. The first-order valence-corrected chi connectivity index (χ1v) is 1.98. The molecule has 0 radical (unpaired) electrons. The molecular formula is C3H9NO4. The maximum absolute atomic E-state index is 8.36. The third-order valence-corrected chi connectivity index (χ3v) is 0. The van der Waals surface area contributed by atoms with Crippen LogP contribution in [0.1, 0.15) is 13.8 Å². The highest BCUT2D eigenvalue weighted by Gasteiger charge is 1.69. The summed E-state index contributed by atoms with van der Waals surface area (Å²) in [6, 6.07) is 0. The van der Waals surface area contributed by atoms with Crippen molar-refractivity contribution in [2.45, 2.75) is 20.0 Å². The van der Waals surface area contributed by atoms with Gasteiger partial charge in [0.25, 0.3) is 5.09 Å². The SMILES string of the molecule is CC(C)O.O=[N+]([O-])O. The van der Waals surface area contributed by atoms with E-state index in [1.54, 1.807) is 13.8 Å². The molecule has 0 saturated carbocycles. The highest BCUT2D eigenvalue weighted by molar-refractivity contribution is 4.20. The zero-order chi connectivity index (χ0) is 7.15. The van der Waals surface area contributed by atoms with Crippen LogP contribution < -0.4 is 0 Å². The molecular weight excluding hydrogens is 114 g/mol. The maximum Gasteiger partial charge on any atom is 0.291 e. The van der Waals surface area contributed by atoms with Gasteiger partial charge in [-0.3, -0.25) is 0 Å². The Labute approximate surface area is 46.7 Å². The van der Waals surface area contributed by atoms with Gasteiger partial charge in [0.2, 0.25) is 0 Å². The van der Waals surface area contributed by atoms with Crippen LogP contribution in [0.5, 0.6) is 0 Å². The summed E-state index contributed by atoms with van der Waals surface area (Å²) in [6.45, 7) is 3.44. The summed E-state index contributed by atoms with van der Waals surface area (Å²) in [5, 5.41) is 21.7. The predicted octanol–water partition coefficient (Wildman–Crippen LogP) is 0.0394. The van der Waals surface area contributed by atoms with Gasteiger partial charge in [0, 0.05) is 6.10 Å². The van der Waals surface area contributed by atoms with Gasteiger partial charge < -0.3 is 10.3 Å². The number of aliphatic hydroxyl groups excluding tert-OH is 1. The first-order chi connectivity index (χ1) is 3.46. The summed E-state index contributed by atoms with van der Waals surface area (Å²) in [5.74, 6) is 0. The Morgan fingerprint density at radius 2 is 1.62 bits per heavy atom. The van der Waals surface area contributed by atoms with Crippen molar-refractivity contribution in [3.05, 3.63) is 10.1 Å². The Balaban J connectivity index is 0. The molecule has 0 unspecified atom stereocenters. The molecule has 8 heavy (non-hydrogen) atoms.